The average molecular weight is 513 g/mol. The van der Waals surface area contributed by atoms with E-state index in [1.165, 1.54) is 24.7 Å². The summed E-state index contributed by atoms with van der Waals surface area (Å²) < 4.78 is 45.2. The highest BCUT2D eigenvalue weighted by Crippen LogP contribution is 2.31. The van der Waals surface area contributed by atoms with Crippen LogP contribution in [0, 0.1) is 5.82 Å². The lowest BCUT2D eigenvalue weighted by Gasteiger charge is -2.15. The number of aromatic nitrogens is 4. The Morgan fingerprint density at radius 3 is 2.61 bits per heavy atom. The fourth-order valence-electron chi connectivity index (χ4n) is 3.95. The van der Waals surface area contributed by atoms with Crippen LogP contribution in [0.15, 0.2) is 42.9 Å². The van der Waals surface area contributed by atoms with Crippen LogP contribution < -0.4 is 4.74 Å². The number of Topliss-reactive ketones (excluding diaryl/α,β-unsaturated/α-hetero) is 1. The number of hydrogen-bond acceptors (Lipinski definition) is 8. The number of ether oxygens (including phenoxy) is 1. The topological polar surface area (TPSA) is 112 Å². The number of carbonyl (C=O) groups excluding carboxylic acids is 1. The maximum absolute atomic E-state index is 15.0. The third-order valence-corrected chi connectivity index (χ3v) is 8.07. The Morgan fingerprint density at radius 1 is 1.17 bits per heavy atom. The van der Waals surface area contributed by atoms with Crippen molar-refractivity contribution in [1.82, 2.24) is 19.9 Å². The third kappa shape index (κ3) is 6.29. The van der Waals surface area contributed by atoms with E-state index < -0.39 is 21.6 Å². The molecule has 2 aromatic heterocycles. The fourth-order valence-corrected chi connectivity index (χ4v) is 5.54. The zero-order valence-electron chi connectivity index (χ0n) is 20.5. The molecular formula is C26H29FN4O4S. The van der Waals surface area contributed by atoms with Crippen molar-refractivity contribution >= 4 is 15.6 Å². The zero-order chi connectivity index (χ0) is 25.9. The highest BCUT2D eigenvalue weighted by Gasteiger charge is 2.36. The molecule has 8 nitrogen and oxygen atoms in total. The lowest BCUT2D eigenvalue weighted by Crippen LogP contribution is -2.18. The van der Waals surface area contributed by atoms with Crippen LogP contribution in [-0.2, 0) is 26.8 Å². The molecule has 0 amide bonds. The zero-order valence-corrected chi connectivity index (χ0v) is 21.3. The molecule has 190 valence electrons. The van der Waals surface area contributed by atoms with Gasteiger partial charge >= 0.3 is 0 Å². The minimum Gasteiger partial charge on any atom is -0.474 e. The monoisotopic (exact) mass is 512 g/mol. The Kier molecular flexibility index (Phi) is 7.73. The van der Waals surface area contributed by atoms with E-state index in [9.17, 15) is 17.6 Å². The molecule has 0 aliphatic heterocycles. The minimum absolute atomic E-state index is 0.0697. The number of ketones is 1. The Morgan fingerprint density at radius 2 is 1.94 bits per heavy atom. The van der Waals surface area contributed by atoms with Gasteiger partial charge in [-0.1, -0.05) is 19.1 Å². The summed E-state index contributed by atoms with van der Waals surface area (Å²) in [7, 11) is -3.28. The van der Waals surface area contributed by atoms with Crippen LogP contribution in [-0.4, -0.2) is 45.5 Å². The molecule has 4 rings (SSSR count). The van der Waals surface area contributed by atoms with E-state index in [0.717, 1.165) is 0 Å². The van der Waals surface area contributed by atoms with Gasteiger partial charge in [0, 0.05) is 18.2 Å². The Balaban J connectivity index is 1.49. The summed E-state index contributed by atoms with van der Waals surface area (Å²) in [5.74, 6) is -1.02. The summed E-state index contributed by atoms with van der Waals surface area (Å²) in [6.07, 6.45) is 6.10. The van der Waals surface area contributed by atoms with Crippen molar-refractivity contribution in [3.63, 3.8) is 0 Å². The number of sulfone groups is 1. The van der Waals surface area contributed by atoms with Gasteiger partial charge in [-0.2, -0.15) is 0 Å². The molecule has 2 heterocycles. The molecule has 1 fully saturated rings. The molecule has 1 aliphatic rings. The van der Waals surface area contributed by atoms with Gasteiger partial charge in [-0.25, -0.2) is 27.8 Å². The van der Waals surface area contributed by atoms with Gasteiger partial charge in [0.1, 0.15) is 23.2 Å². The van der Waals surface area contributed by atoms with Gasteiger partial charge in [0.25, 0.3) is 0 Å². The third-order valence-electron chi connectivity index (χ3n) is 5.93. The van der Waals surface area contributed by atoms with E-state index in [4.69, 9.17) is 4.74 Å². The molecular weight excluding hydrogens is 483 g/mol. The minimum atomic E-state index is -3.28. The number of carbonyl (C=O) groups is 1. The molecule has 1 atom stereocenters. The van der Waals surface area contributed by atoms with E-state index in [2.05, 4.69) is 19.9 Å². The number of hydrogen-bond donors (Lipinski definition) is 0. The number of halogens is 1. The van der Waals surface area contributed by atoms with Gasteiger partial charge in [-0.3, -0.25) is 9.78 Å². The molecule has 3 aromatic rings. The van der Waals surface area contributed by atoms with Crippen LogP contribution in [0.2, 0.25) is 0 Å². The van der Waals surface area contributed by atoms with Crippen molar-refractivity contribution in [2.45, 2.75) is 69.5 Å². The van der Waals surface area contributed by atoms with Crippen LogP contribution >= 0.6 is 0 Å². The Bertz CT molecular complexity index is 1360. The number of rotatable bonds is 11. The molecule has 10 heteroatoms. The summed E-state index contributed by atoms with van der Waals surface area (Å²) >= 11 is 0. The lowest BCUT2D eigenvalue weighted by molar-refractivity contribution is -0.120. The van der Waals surface area contributed by atoms with Gasteiger partial charge in [-0.05, 0) is 50.8 Å². The van der Waals surface area contributed by atoms with Crippen LogP contribution in [0.25, 0.3) is 11.3 Å². The fraction of sp³-hybridized carbons (Fsp3) is 0.423. The Hall–Kier alpha value is -3.27. The first-order valence-electron chi connectivity index (χ1n) is 12.0. The van der Waals surface area contributed by atoms with Gasteiger partial charge in [0.05, 0.1) is 41.1 Å². The second kappa shape index (κ2) is 10.8. The van der Waals surface area contributed by atoms with Crippen molar-refractivity contribution in [2.24, 2.45) is 0 Å². The number of nitrogens with zero attached hydrogens (tertiary/aromatic N) is 4. The van der Waals surface area contributed by atoms with E-state index in [-0.39, 0.29) is 40.7 Å². The molecule has 1 unspecified atom stereocenters. The summed E-state index contributed by atoms with van der Waals surface area (Å²) in [6.45, 7) is 5.60. The van der Waals surface area contributed by atoms with Crippen LogP contribution in [0.3, 0.4) is 0 Å². The summed E-state index contributed by atoms with van der Waals surface area (Å²) in [6, 6.07) is 6.21. The summed E-state index contributed by atoms with van der Waals surface area (Å²) in [5, 5.41) is -0.310. The number of benzene rings is 1. The van der Waals surface area contributed by atoms with Crippen molar-refractivity contribution in [3.05, 3.63) is 65.8 Å². The molecule has 0 N–H and O–H groups in total. The maximum Gasteiger partial charge on any atom is 0.233 e. The van der Waals surface area contributed by atoms with Gasteiger partial charge in [0.15, 0.2) is 9.84 Å². The van der Waals surface area contributed by atoms with E-state index in [1.807, 2.05) is 20.8 Å². The van der Waals surface area contributed by atoms with E-state index in [1.54, 1.807) is 18.2 Å². The highest BCUT2D eigenvalue weighted by atomic mass is 32.2. The second-order valence-electron chi connectivity index (χ2n) is 9.22. The van der Waals surface area contributed by atoms with Crippen molar-refractivity contribution in [2.75, 3.05) is 0 Å². The average Bonchev–Trinajstić information content (AvgIpc) is 3.67. The predicted octanol–water partition coefficient (Wildman–Crippen LogP) is 4.24. The first kappa shape index (κ1) is 25.8. The quantitative estimate of drug-likeness (QED) is 0.375. The predicted molar refractivity (Wildman–Crippen MR) is 133 cm³/mol. The highest BCUT2D eigenvalue weighted by molar-refractivity contribution is 7.91. The molecule has 1 aromatic carbocycles. The Labute approximate surface area is 210 Å². The molecule has 0 saturated heterocycles. The summed E-state index contributed by atoms with van der Waals surface area (Å²) in [4.78, 5) is 30.1. The maximum atomic E-state index is 15.0. The normalized spacial score (nSPS) is 14.6. The van der Waals surface area contributed by atoms with Gasteiger partial charge in [-0.15, -0.1) is 0 Å². The van der Waals surface area contributed by atoms with Gasteiger partial charge in [0.2, 0.25) is 5.88 Å². The molecule has 1 saturated carbocycles. The standard InChI is InChI=1S/C26H29FN4O4S/c1-4-20(22-9-10-29-25(30-22)15-36(33,34)19-7-8-19)24(32)12-17-5-6-18(11-21(17)27)23-13-28-14-26(31-23)35-16(2)3/h5-6,9-11,13-14,16,19-20H,4,7-8,12,15H2,1-3H3. The molecule has 0 radical (unpaired) electrons. The van der Waals surface area contributed by atoms with Gasteiger partial charge < -0.3 is 4.74 Å². The smallest absolute Gasteiger partial charge is 0.233 e. The van der Waals surface area contributed by atoms with E-state index in [0.29, 0.717) is 42.1 Å². The van der Waals surface area contributed by atoms with Crippen molar-refractivity contribution in [1.29, 1.82) is 0 Å². The van der Waals surface area contributed by atoms with Crippen LogP contribution in [0.5, 0.6) is 5.88 Å². The van der Waals surface area contributed by atoms with Crippen LogP contribution in [0.1, 0.15) is 63.0 Å². The first-order valence-corrected chi connectivity index (χ1v) is 13.7. The lowest BCUT2D eigenvalue weighted by atomic mass is 9.92. The first-order chi connectivity index (χ1) is 17.2. The van der Waals surface area contributed by atoms with Crippen LogP contribution in [0.4, 0.5) is 4.39 Å². The summed E-state index contributed by atoms with van der Waals surface area (Å²) in [5.41, 5.74) is 1.70. The SMILES string of the molecule is CCC(C(=O)Cc1ccc(-c2cncc(OC(C)C)n2)cc1F)c1ccnc(CS(=O)(=O)C2CC2)n1. The molecule has 1 aliphatic carbocycles. The van der Waals surface area contributed by atoms with E-state index >= 15 is 0 Å². The molecule has 36 heavy (non-hydrogen) atoms. The van der Waals surface area contributed by atoms with Crippen molar-refractivity contribution < 1.29 is 22.3 Å². The largest absolute Gasteiger partial charge is 0.474 e. The second-order valence-corrected chi connectivity index (χ2v) is 11.5. The molecule has 0 spiro atoms. The molecule has 0 bridgehead atoms. The van der Waals surface area contributed by atoms with Crippen molar-refractivity contribution in [3.8, 4) is 17.1 Å².